The van der Waals surface area contributed by atoms with Gasteiger partial charge in [0.25, 0.3) is 0 Å². The molecule has 0 aliphatic carbocycles. The molecule has 1 aliphatic heterocycles. The summed E-state index contributed by atoms with van der Waals surface area (Å²) in [6, 6.07) is 14.6. The van der Waals surface area contributed by atoms with Gasteiger partial charge in [-0.05, 0) is 59.3 Å². The van der Waals surface area contributed by atoms with E-state index in [9.17, 15) is 9.90 Å². The first-order chi connectivity index (χ1) is 19.4. The number of ether oxygens (including phenoxy) is 5. The van der Waals surface area contributed by atoms with Gasteiger partial charge < -0.3 is 28.8 Å². The minimum absolute atomic E-state index is 0.119. The molecule has 11 heteroatoms. The number of aromatic nitrogens is 1. The van der Waals surface area contributed by atoms with Gasteiger partial charge >= 0.3 is 4.87 Å². The van der Waals surface area contributed by atoms with Crippen LogP contribution in [0.3, 0.4) is 0 Å². The van der Waals surface area contributed by atoms with Crippen LogP contribution in [-0.2, 0) is 6.54 Å². The van der Waals surface area contributed by atoms with Crippen molar-refractivity contribution in [2.24, 2.45) is 9.98 Å². The Bertz CT molecular complexity index is 1780. The Balaban J connectivity index is 1.46. The van der Waals surface area contributed by atoms with E-state index in [1.165, 1.54) is 25.9 Å². The van der Waals surface area contributed by atoms with E-state index in [0.717, 1.165) is 27.5 Å². The third-order valence-corrected chi connectivity index (χ3v) is 7.27. The summed E-state index contributed by atoms with van der Waals surface area (Å²) in [7, 11) is 7.72. The monoisotopic (exact) mass is 561 g/mol. The first kappa shape index (κ1) is 26.8. The number of nitrogens with zero attached hydrogens (tertiary/aromatic N) is 3. The topological polar surface area (TPSA) is 113 Å². The molecule has 1 aromatic heterocycles. The average Bonchev–Trinajstić information content (AvgIpc) is 3.52. The van der Waals surface area contributed by atoms with Crippen molar-refractivity contribution in [3.63, 3.8) is 0 Å². The summed E-state index contributed by atoms with van der Waals surface area (Å²) in [5.74, 6) is 3.00. The fourth-order valence-electron chi connectivity index (χ4n) is 4.38. The van der Waals surface area contributed by atoms with Crippen molar-refractivity contribution in [1.82, 2.24) is 4.57 Å². The fourth-order valence-corrected chi connectivity index (χ4v) is 5.23. The van der Waals surface area contributed by atoms with Crippen LogP contribution in [0.15, 0.2) is 63.3 Å². The lowest BCUT2D eigenvalue weighted by molar-refractivity contribution is 0.323. The molecular weight excluding hydrogens is 534 g/mol. The number of amidine groups is 1. The van der Waals surface area contributed by atoms with Crippen LogP contribution in [0.4, 0.5) is 5.69 Å². The van der Waals surface area contributed by atoms with Gasteiger partial charge in [0.2, 0.25) is 11.6 Å². The minimum atomic E-state index is -0.303. The number of thiazole rings is 1. The van der Waals surface area contributed by atoms with Crippen molar-refractivity contribution in [2.75, 3.05) is 35.5 Å². The zero-order valence-corrected chi connectivity index (χ0v) is 23.4. The van der Waals surface area contributed by atoms with Crippen molar-refractivity contribution in [3.8, 4) is 34.6 Å². The van der Waals surface area contributed by atoms with Crippen LogP contribution in [0.1, 0.15) is 16.0 Å². The smallest absolute Gasteiger partial charge is 0.310 e. The van der Waals surface area contributed by atoms with Crippen LogP contribution in [0.25, 0.3) is 6.08 Å². The molecule has 4 aromatic rings. The van der Waals surface area contributed by atoms with Crippen LogP contribution in [0, 0.1) is 0 Å². The van der Waals surface area contributed by atoms with Gasteiger partial charge in [-0.15, -0.1) is 0 Å². The largest absolute Gasteiger partial charge is 0.493 e. The fraction of sp³-hybridized carbons (Fsp3) is 0.207. The van der Waals surface area contributed by atoms with Gasteiger partial charge in [0, 0.05) is 5.56 Å². The maximum atomic E-state index is 12.8. The maximum Gasteiger partial charge on any atom is 0.310 e. The Kier molecular flexibility index (Phi) is 7.47. The van der Waals surface area contributed by atoms with Crippen LogP contribution in [0.2, 0.25) is 0 Å². The molecule has 0 amide bonds. The van der Waals surface area contributed by atoms with Gasteiger partial charge in [-0.25, -0.2) is 9.98 Å². The molecule has 3 aromatic carbocycles. The van der Waals surface area contributed by atoms with E-state index in [4.69, 9.17) is 23.7 Å². The highest BCUT2D eigenvalue weighted by atomic mass is 32.1. The van der Waals surface area contributed by atoms with Gasteiger partial charge in [-0.2, -0.15) is 0 Å². The SMILES string of the molecule is COc1ccc(C2=Nc3cc(=Cc4sc(=O)n(Cc5cc(OC)c(OC)c(OC)c5)c4O)ccc3=N2)cc1OC. The van der Waals surface area contributed by atoms with Crippen LogP contribution in [0.5, 0.6) is 34.6 Å². The van der Waals surface area contributed by atoms with E-state index < -0.39 is 0 Å². The summed E-state index contributed by atoms with van der Waals surface area (Å²) < 4.78 is 28.2. The molecule has 0 spiro atoms. The van der Waals surface area contributed by atoms with Crippen molar-refractivity contribution in [3.05, 3.63) is 84.8 Å². The molecule has 0 saturated heterocycles. The zero-order valence-electron chi connectivity index (χ0n) is 22.5. The summed E-state index contributed by atoms with van der Waals surface area (Å²) in [6.45, 7) is 0.119. The molecule has 40 heavy (non-hydrogen) atoms. The molecule has 0 radical (unpaired) electrons. The van der Waals surface area contributed by atoms with E-state index in [2.05, 4.69) is 9.98 Å². The summed E-state index contributed by atoms with van der Waals surface area (Å²) in [5, 5.41) is 12.4. The predicted molar refractivity (Wildman–Crippen MR) is 152 cm³/mol. The number of methoxy groups -OCH3 is 5. The molecule has 2 heterocycles. The standard InChI is InChI=1S/C29H27N3O7S/c1-35-21-9-7-18(14-22(21)36-2)27-30-19-8-6-16(10-20(19)31-27)13-25-28(33)32(29(34)40-25)15-17-11-23(37-3)26(39-5)24(12-17)38-4/h6-14,33H,15H2,1-5H3. The number of benzene rings is 3. The Morgan fingerprint density at radius 2 is 1.52 bits per heavy atom. The van der Waals surface area contributed by atoms with Gasteiger partial charge in [-0.1, -0.05) is 17.4 Å². The number of aliphatic imine (C=N–C) groups is 1. The first-order valence-corrected chi connectivity index (χ1v) is 12.9. The number of hydrogen-bond acceptors (Lipinski definition) is 10. The van der Waals surface area contributed by atoms with Crippen molar-refractivity contribution in [1.29, 1.82) is 0 Å². The van der Waals surface area contributed by atoms with E-state index in [0.29, 0.717) is 50.7 Å². The highest BCUT2D eigenvalue weighted by Gasteiger charge is 2.18. The Labute approximate surface area is 233 Å². The van der Waals surface area contributed by atoms with E-state index in [1.807, 2.05) is 36.4 Å². The normalized spacial score (nSPS) is 12.4. The van der Waals surface area contributed by atoms with Gasteiger partial charge in [0.15, 0.2) is 28.8 Å². The summed E-state index contributed by atoms with van der Waals surface area (Å²) in [4.78, 5) is 22.3. The molecule has 0 saturated carbocycles. The second-order valence-electron chi connectivity index (χ2n) is 8.69. The molecule has 0 atom stereocenters. The minimum Gasteiger partial charge on any atom is -0.493 e. The highest BCUT2D eigenvalue weighted by molar-refractivity contribution is 7.10. The summed E-state index contributed by atoms with van der Waals surface area (Å²) in [6.07, 6.45) is 1.75. The lowest BCUT2D eigenvalue weighted by Gasteiger charge is -2.14. The molecule has 206 valence electrons. The summed E-state index contributed by atoms with van der Waals surface area (Å²) >= 11 is 0.951. The molecule has 10 nitrogen and oxygen atoms in total. The van der Waals surface area contributed by atoms with Crippen molar-refractivity contribution < 1.29 is 28.8 Å². The highest BCUT2D eigenvalue weighted by Crippen LogP contribution is 2.38. The van der Waals surface area contributed by atoms with Crippen LogP contribution in [-0.4, -0.2) is 51.1 Å². The van der Waals surface area contributed by atoms with E-state index in [1.54, 1.807) is 32.4 Å². The van der Waals surface area contributed by atoms with Crippen LogP contribution < -0.4 is 39.1 Å². The van der Waals surface area contributed by atoms with E-state index >= 15 is 0 Å². The number of aromatic hydroxyl groups is 1. The van der Waals surface area contributed by atoms with E-state index in [-0.39, 0.29) is 17.3 Å². The predicted octanol–water partition coefficient (Wildman–Crippen LogP) is 3.25. The molecule has 1 aliphatic rings. The lowest BCUT2D eigenvalue weighted by Crippen LogP contribution is -2.13. The number of hydrogen-bond donors (Lipinski definition) is 1. The number of rotatable bonds is 9. The van der Waals surface area contributed by atoms with Gasteiger partial charge in [0.1, 0.15) is 0 Å². The molecule has 5 rings (SSSR count). The van der Waals surface area contributed by atoms with Crippen molar-refractivity contribution in [2.45, 2.75) is 6.54 Å². The van der Waals surface area contributed by atoms with Crippen molar-refractivity contribution >= 4 is 28.9 Å². The zero-order chi connectivity index (χ0) is 28.4. The Morgan fingerprint density at radius 1 is 0.825 bits per heavy atom. The van der Waals surface area contributed by atoms with Gasteiger partial charge in [-0.3, -0.25) is 9.36 Å². The summed E-state index contributed by atoms with van der Waals surface area (Å²) in [5.41, 5.74) is 2.17. The molecule has 1 N–H and O–H groups in total. The third kappa shape index (κ3) is 4.98. The van der Waals surface area contributed by atoms with Gasteiger partial charge in [0.05, 0.1) is 58.0 Å². The molecule has 0 fully saturated rings. The average molecular weight is 562 g/mol. The molecule has 0 bridgehead atoms. The quantitative estimate of drug-likeness (QED) is 0.334. The van der Waals surface area contributed by atoms with Crippen LogP contribution >= 0.6 is 11.3 Å². The molecule has 0 unspecified atom stereocenters. The number of fused-ring (bicyclic) bond motifs is 1. The Morgan fingerprint density at radius 3 is 2.17 bits per heavy atom. The third-order valence-electron chi connectivity index (χ3n) is 6.35. The lowest BCUT2D eigenvalue weighted by atomic mass is 10.1. The Hall–Kier alpha value is -4.77. The maximum absolute atomic E-state index is 12.8. The second-order valence-corrected chi connectivity index (χ2v) is 9.68. The molecular formula is C29H27N3O7S. The first-order valence-electron chi connectivity index (χ1n) is 12.1. The second kappa shape index (κ2) is 11.1.